The van der Waals surface area contributed by atoms with Gasteiger partial charge in [0.05, 0.1) is 31.3 Å². The number of carbonyl (C=O) groups is 1. The Labute approximate surface area is 176 Å². The summed E-state index contributed by atoms with van der Waals surface area (Å²) in [4.78, 5) is 11.6. The molecule has 0 spiro atoms. The molecule has 1 rings (SSSR count). The van der Waals surface area contributed by atoms with Crippen molar-refractivity contribution in [3.05, 3.63) is 0 Å². The first-order valence-corrected chi connectivity index (χ1v) is 12.8. The van der Waals surface area contributed by atoms with Crippen molar-refractivity contribution < 1.29 is 27.8 Å². The van der Waals surface area contributed by atoms with Crippen LogP contribution in [0.15, 0.2) is 4.74 Å². The molecule has 1 aliphatic heterocycles. The van der Waals surface area contributed by atoms with E-state index < -0.39 is 27.7 Å². The second kappa shape index (κ2) is 13.0. The molecule has 0 saturated carbocycles. The standard InChI is InChI=1S/C17H32BN3O6P2/c1-7-24-29(6,20-3)16(25-13(2)22)12-14-11-15(17(18)26-14)27-28(21(4)5)23-10-8-9-19/h14-17H,7-8,10-12H2,1-6H3. The summed E-state index contributed by atoms with van der Waals surface area (Å²) in [6.07, 6.45) is 0.603. The van der Waals surface area contributed by atoms with E-state index in [0.29, 0.717) is 19.4 Å². The number of hydrogen-bond donors (Lipinski definition) is 0. The Bertz CT molecular complexity index is 618. The zero-order valence-electron chi connectivity index (χ0n) is 18.1. The fraction of sp³-hybridized carbons (Fsp3) is 0.882. The van der Waals surface area contributed by atoms with Gasteiger partial charge in [-0.3, -0.25) is 9.54 Å². The van der Waals surface area contributed by atoms with E-state index in [1.165, 1.54) is 6.92 Å². The Hall–Kier alpha value is -0.515. The van der Waals surface area contributed by atoms with Crippen LogP contribution in [-0.4, -0.2) is 83.6 Å². The Kier molecular flexibility index (Phi) is 11.9. The van der Waals surface area contributed by atoms with Crippen LogP contribution in [0, 0.1) is 11.3 Å². The number of ether oxygens (including phenoxy) is 2. The summed E-state index contributed by atoms with van der Waals surface area (Å²) in [6.45, 7) is 5.91. The summed E-state index contributed by atoms with van der Waals surface area (Å²) in [6, 6.07) is 1.41. The maximum atomic E-state index is 11.6. The summed E-state index contributed by atoms with van der Waals surface area (Å²) in [5, 5.41) is 8.68. The minimum absolute atomic E-state index is 0.265. The van der Waals surface area contributed by atoms with E-state index in [9.17, 15) is 4.79 Å². The van der Waals surface area contributed by atoms with Crippen LogP contribution in [0.3, 0.4) is 0 Å². The van der Waals surface area contributed by atoms with Crippen LogP contribution >= 0.6 is 15.8 Å². The van der Waals surface area contributed by atoms with Crippen molar-refractivity contribution in [2.75, 3.05) is 41.0 Å². The molecule has 29 heavy (non-hydrogen) atoms. The van der Waals surface area contributed by atoms with Crippen molar-refractivity contribution in [2.24, 2.45) is 4.74 Å². The van der Waals surface area contributed by atoms with Crippen LogP contribution in [-0.2, 0) is 27.8 Å². The van der Waals surface area contributed by atoms with Gasteiger partial charge in [0.15, 0.2) is 5.85 Å². The zero-order chi connectivity index (χ0) is 22.0. The van der Waals surface area contributed by atoms with Gasteiger partial charge in [-0.1, -0.05) is 0 Å². The quantitative estimate of drug-likeness (QED) is 0.195. The molecule has 1 saturated heterocycles. The van der Waals surface area contributed by atoms with Crippen molar-refractivity contribution in [3.8, 4) is 6.07 Å². The molecule has 6 unspecified atom stereocenters. The van der Waals surface area contributed by atoms with Gasteiger partial charge in [0.1, 0.15) is 15.1 Å². The lowest BCUT2D eigenvalue weighted by Crippen LogP contribution is -2.25. The molecule has 0 aromatic heterocycles. The lowest BCUT2D eigenvalue weighted by atomic mass is 9.94. The molecule has 6 atom stereocenters. The molecule has 0 aliphatic carbocycles. The van der Waals surface area contributed by atoms with Crippen LogP contribution in [0.4, 0.5) is 0 Å². The van der Waals surface area contributed by atoms with E-state index in [1.54, 1.807) is 7.05 Å². The molecule has 0 amide bonds. The van der Waals surface area contributed by atoms with Crippen molar-refractivity contribution in [3.63, 3.8) is 0 Å². The summed E-state index contributed by atoms with van der Waals surface area (Å²) in [7, 11) is 7.83. The van der Waals surface area contributed by atoms with Crippen molar-refractivity contribution in [1.29, 1.82) is 5.26 Å². The maximum Gasteiger partial charge on any atom is 0.303 e. The summed E-state index contributed by atoms with van der Waals surface area (Å²) < 4.78 is 35.2. The molecule has 12 heteroatoms. The number of hydrogen-bond acceptors (Lipinski definition) is 9. The van der Waals surface area contributed by atoms with Gasteiger partial charge in [0, 0.05) is 39.4 Å². The monoisotopic (exact) mass is 447 g/mol. The van der Waals surface area contributed by atoms with Crippen molar-refractivity contribution in [1.82, 2.24) is 4.67 Å². The predicted octanol–water partition coefficient (Wildman–Crippen LogP) is 3.07. The Morgan fingerprint density at radius 2 is 2.21 bits per heavy atom. The molecule has 2 radical (unpaired) electrons. The molecular weight excluding hydrogens is 415 g/mol. The molecule has 0 aromatic carbocycles. The predicted molar refractivity (Wildman–Crippen MR) is 114 cm³/mol. The van der Waals surface area contributed by atoms with E-state index in [2.05, 4.69) is 4.74 Å². The third-order valence-electron chi connectivity index (χ3n) is 4.27. The fourth-order valence-electron chi connectivity index (χ4n) is 2.83. The van der Waals surface area contributed by atoms with E-state index in [1.807, 2.05) is 38.4 Å². The number of nitrogens with zero attached hydrogens (tertiary/aromatic N) is 3. The van der Waals surface area contributed by atoms with Gasteiger partial charge < -0.3 is 23.0 Å². The number of esters is 1. The van der Waals surface area contributed by atoms with Gasteiger partial charge in [-0.2, -0.15) is 5.26 Å². The number of rotatable bonds is 12. The third-order valence-corrected chi connectivity index (χ3v) is 8.74. The SMILES string of the molecule is [B]C1OC(CC(OC(C)=O)P(C)(=NC)OCC)CC1OP(OCCC#N)N(C)C. The van der Waals surface area contributed by atoms with Gasteiger partial charge in [-0.25, -0.2) is 4.67 Å². The van der Waals surface area contributed by atoms with Crippen LogP contribution < -0.4 is 0 Å². The zero-order valence-corrected chi connectivity index (χ0v) is 19.9. The van der Waals surface area contributed by atoms with Crippen LogP contribution in [0.1, 0.15) is 33.1 Å². The first kappa shape index (κ1) is 26.5. The van der Waals surface area contributed by atoms with E-state index in [4.69, 9.17) is 36.2 Å². The second-order valence-electron chi connectivity index (χ2n) is 6.79. The first-order chi connectivity index (χ1) is 13.7. The van der Waals surface area contributed by atoms with E-state index in [-0.39, 0.29) is 31.2 Å². The number of carbonyl (C=O) groups excluding carboxylic acids is 1. The molecule has 0 bridgehead atoms. The van der Waals surface area contributed by atoms with Gasteiger partial charge in [-0.15, -0.1) is 0 Å². The summed E-state index contributed by atoms with van der Waals surface area (Å²) >= 11 is 0. The highest BCUT2D eigenvalue weighted by Crippen LogP contribution is 2.54. The average Bonchev–Trinajstić information content (AvgIpc) is 2.99. The van der Waals surface area contributed by atoms with E-state index >= 15 is 0 Å². The minimum atomic E-state index is -2.31. The fourth-order valence-corrected chi connectivity index (χ4v) is 6.03. The Morgan fingerprint density at radius 1 is 1.52 bits per heavy atom. The molecule has 164 valence electrons. The molecule has 1 heterocycles. The topological polar surface area (TPSA) is 103 Å². The van der Waals surface area contributed by atoms with Gasteiger partial charge in [0.2, 0.25) is 0 Å². The number of nitriles is 1. The summed E-state index contributed by atoms with van der Waals surface area (Å²) in [5.74, 6) is -0.898. The van der Waals surface area contributed by atoms with Gasteiger partial charge in [-0.05, 0) is 27.7 Å². The highest BCUT2D eigenvalue weighted by molar-refractivity contribution is 7.61. The molecule has 9 nitrogen and oxygen atoms in total. The highest BCUT2D eigenvalue weighted by atomic mass is 31.2. The highest BCUT2D eigenvalue weighted by Gasteiger charge is 2.40. The lowest BCUT2D eigenvalue weighted by Gasteiger charge is -2.30. The third kappa shape index (κ3) is 8.63. The van der Waals surface area contributed by atoms with Gasteiger partial charge >= 0.3 is 5.97 Å². The van der Waals surface area contributed by atoms with Crippen LogP contribution in [0.5, 0.6) is 0 Å². The average molecular weight is 447 g/mol. The van der Waals surface area contributed by atoms with E-state index in [0.717, 1.165) is 0 Å². The molecular formula is C17H32BN3O6P2. The summed E-state index contributed by atoms with van der Waals surface area (Å²) in [5.41, 5.74) is 0. The first-order valence-electron chi connectivity index (χ1n) is 9.51. The second-order valence-corrected chi connectivity index (χ2v) is 11.7. The molecule has 0 N–H and O–H groups in total. The smallest absolute Gasteiger partial charge is 0.303 e. The minimum Gasteiger partial charge on any atom is -0.454 e. The van der Waals surface area contributed by atoms with Crippen LogP contribution in [0.2, 0.25) is 0 Å². The van der Waals surface area contributed by atoms with Crippen molar-refractivity contribution >= 4 is 29.6 Å². The van der Waals surface area contributed by atoms with Gasteiger partial charge in [0.25, 0.3) is 8.53 Å². The Balaban J connectivity index is 2.80. The normalized spacial score (nSPS) is 25.8. The lowest BCUT2D eigenvalue weighted by molar-refractivity contribution is -0.144. The Morgan fingerprint density at radius 3 is 2.72 bits per heavy atom. The molecule has 1 aliphatic rings. The molecule has 1 fully saturated rings. The van der Waals surface area contributed by atoms with Crippen molar-refractivity contribution in [2.45, 2.75) is 57.2 Å². The van der Waals surface area contributed by atoms with Crippen LogP contribution in [0.25, 0.3) is 0 Å². The largest absolute Gasteiger partial charge is 0.454 e. The maximum absolute atomic E-state index is 11.6. The molecule has 0 aromatic rings.